The monoisotopic (exact) mass is 240 g/mol. The summed E-state index contributed by atoms with van der Waals surface area (Å²) in [6.45, 7) is 2.96. The third-order valence-corrected chi connectivity index (χ3v) is 4.02. The van der Waals surface area contributed by atoms with E-state index in [-0.39, 0.29) is 6.61 Å². The summed E-state index contributed by atoms with van der Waals surface area (Å²) >= 11 is 0. The highest BCUT2D eigenvalue weighted by molar-refractivity contribution is 5.77. The lowest BCUT2D eigenvalue weighted by Gasteiger charge is -2.38. The molecule has 2 rings (SSSR count). The summed E-state index contributed by atoms with van der Waals surface area (Å²) < 4.78 is 0. The van der Waals surface area contributed by atoms with Crippen LogP contribution < -0.4 is 5.32 Å². The molecular weight excluding hydrogens is 216 g/mol. The van der Waals surface area contributed by atoms with Gasteiger partial charge in [-0.05, 0) is 51.1 Å². The van der Waals surface area contributed by atoms with E-state index in [4.69, 9.17) is 5.11 Å². The molecule has 17 heavy (non-hydrogen) atoms. The number of carbonyl (C=O) groups is 1. The van der Waals surface area contributed by atoms with Crippen molar-refractivity contribution in [1.82, 2.24) is 10.2 Å². The lowest BCUT2D eigenvalue weighted by molar-refractivity contribution is -0.136. The Bertz CT molecular complexity index is 248. The first-order valence-electron chi connectivity index (χ1n) is 6.92. The zero-order chi connectivity index (χ0) is 12.1. The van der Waals surface area contributed by atoms with Crippen molar-refractivity contribution in [3.63, 3.8) is 0 Å². The summed E-state index contributed by atoms with van der Waals surface area (Å²) in [5, 5.41) is 12.2. The van der Waals surface area contributed by atoms with Gasteiger partial charge >= 0.3 is 0 Å². The molecule has 4 heteroatoms. The normalized spacial score (nSPS) is 24.6. The number of aliphatic hydroxyl groups is 1. The van der Waals surface area contributed by atoms with Crippen LogP contribution in [-0.2, 0) is 4.79 Å². The molecule has 0 aromatic carbocycles. The van der Waals surface area contributed by atoms with Crippen molar-refractivity contribution in [2.45, 2.75) is 44.6 Å². The molecule has 1 saturated heterocycles. The molecule has 0 spiro atoms. The van der Waals surface area contributed by atoms with E-state index in [1.54, 1.807) is 0 Å². The Morgan fingerprint density at radius 1 is 1.35 bits per heavy atom. The SMILES string of the molecule is O=C(CC1CCNC1)N(CCCO)C1CCC1. The van der Waals surface area contributed by atoms with Gasteiger partial charge in [0, 0.05) is 25.6 Å². The van der Waals surface area contributed by atoms with E-state index >= 15 is 0 Å². The number of nitrogens with one attached hydrogen (secondary N) is 1. The molecule has 98 valence electrons. The molecule has 2 N–H and O–H groups in total. The minimum absolute atomic E-state index is 0.182. The van der Waals surface area contributed by atoms with Crippen molar-refractivity contribution in [2.24, 2.45) is 5.92 Å². The van der Waals surface area contributed by atoms with Crippen molar-refractivity contribution in [2.75, 3.05) is 26.2 Å². The maximum Gasteiger partial charge on any atom is 0.223 e. The Balaban J connectivity index is 1.82. The second kappa shape index (κ2) is 6.36. The van der Waals surface area contributed by atoms with Gasteiger partial charge in [-0.3, -0.25) is 4.79 Å². The molecule has 0 radical (unpaired) electrons. The zero-order valence-electron chi connectivity index (χ0n) is 10.5. The average molecular weight is 240 g/mol. The zero-order valence-corrected chi connectivity index (χ0v) is 10.5. The van der Waals surface area contributed by atoms with Crippen LogP contribution in [0.25, 0.3) is 0 Å². The Labute approximate surface area is 103 Å². The molecule has 2 aliphatic rings. The highest BCUT2D eigenvalue weighted by Gasteiger charge is 2.30. The number of rotatable bonds is 6. The van der Waals surface area contributed by atoms with Gasteiger partial charge in [0.1, 0.15) is 0 Å². The largest absolute Gasteiger partial charge is 0.396 e. The van der Waals surface area contributed by atoms with E-state index < -0.39 is 0 Å². The first-order chi connectivity index (χ1) is 8.31. The topological polar surface area (TPSA) is 52.6 Å². The molecular formula is C13H24N2O2. The Hall–Kier alpha value is -0.610. The number of carbonyl (C=O) groups excluding carboxylic acids is 1. The van der Waals surface area contributed by atoms with Crippen molar-refractivity contribution in [3.05, 3.63) is 0 Å². The lowest BCUT2D eigenvalue weighted by atomic mass is 9.90. The minimum Gasteiger partial charge on any atom is -0.396 e. The smallest absolute Gasteiger partial charge is 0.223 e. The molecule has 0 bridgehead atoms. The van der Waals surface area contributed by atoms with Crippen LogP contribution in [0, 0.1) is 5.92 Å². The Kier molecular flexibility index (Phi) is 4.80. The molecule has 0 aromatic rings. The third kappa shape index (κ3) is 3.42. The summed E-state index contributed by atoms with van der Waals surface area (Å²) in [5.41, 5.74) is 0. The predicted octanol–water partition coefficient (Wildman–Crippen LogP) is 0.749. The summed E-state index contributed by atoms with van der Waals surface area (Å²) in [4.78, 5) is 14.3. The predicted molar refractivity (Wildman–Crippen MR) is 66.6 cm³/mol. The molecule has 1 amide bonds. The van der Waals surface area contributed by atoms with Crippen molar-refractivity contribution >= 4 is 5.91 Å². The molecule has 1 unspecified atom stereocenters. The molecule has 1 aliphatic carbocycles. The minimum atomic E-state index is 0.182. The van der Waals surface area contributed by atoms with Gasteiger partial charge in [0.2, 0.25) is 5.91 Å². The highest BCUT2D eigenvalue weighted by Crippen LogP contribution is 2.26. The molecule has 1 aliphatic heterocycles. The number of aliphatic hydroxyl groups excluding tert-OH is 1. The second-order valence-corrected chi connectivity index (χ2v) is 5.31. The van der Waals surface area contributed by atoms with Gasteiger partial charge in [0.25, 0.3) is 0 Å². The Morgan fingerprint density at radius 3 is 2.71 bits per heavy atom. The summed E-state index contributed by atoms with van der Waals surface area (Å²) in [5.74, 6) is 0.830. The maximum atomic E-state index is 12.3. The molecule has 1 heterocycles. The van der Waals surface area contributed by atoms with E-state index in [1.165, 1.54) is 6.42 Å². The van der Waals surface area contributed by atoms with Gasteiger partial charge in [0.15, 0.2) is 0 Å². The van der Waals surface area contributed by atoms with Gasteiger partial charge in [-0.25, -0.2) is 0 Å². The van der Waals surface area contributed by atoms with Crippen LogP contribution in [0.1, 0.15) is 38.5 Å². The van der Waals surface area contributed by atoms with E-state index in [9.17, 15) is 4.79 Å². The second-order valence-electron chi connectivity index (χ2n) is 5.31. The standard InChI is InChI=1S/C13H24N2O2/c16-8-2-7-15(12-3-1-4-12)13(17)9-11-5-6-14-10-11/h11-12,14,16H,1-10H2. The van der Waals surface area contributed by atoms with E-state index in [2.05, 4.69) is 5.32 Å². The van der Waals surface area contributed by atoms with Crippen LogP contribution in [0.15, 0.2) is 0 Å². The van der Waals surface area contributed by atoms with Crippen molar-refractivity contribution < 1.29 is 9.90 Å². The summed E-state index contributed by atoms with van der Waals surface area (Å²) in [6, 6.07) is 0.461. The fourth-order valence-corrected chi connectivity index (χ4v) is 2.70. The average Bonchev–Trinajstić information content (AvgIpc) is 2.73. The third-order valence-electron chi connectivity index (χ3n) is 4.02. The number of nitrogens with zero attached hydrogens (tertiary/aromatic N) is 1. The number of amides is 1. The molecule has 0 aromatic heterocycles. The van der Waals surface area contributed by atoms with Gasteiger partial charge < -0.3 is 15.3 Å². The van der Waals surface area contributed by atoms with Crippen molar-refractivity contribution in [1.29, 1.82) is 0 Å². The van der Waals surface area contributed by atoms with Gasteiger partial charge in [0.05, 0.1) is 0 Å². The molecule has 2 fully saturated rings. The number of hydrogen-bond acceptors (Lipinski definition) is 3. The summed E-state index contributed by atoms with van der Waals surface area (Å²) in [6.07, 6.45) is 6.09. The first-order valence-corrected chi connectivity index (χ1v) is 6.92. The van der Waals surface area contributed by atoms with E-state index in [1.807, 2.05) is 4.90 Å². The molecule has 4 nitrogen and oxygen atoms in total. The number of hydrogen-bond donors (Lipinski definition) is 2. The van der Waals surface area contributed by atoms with Crippen LogP contribution in [0.4, 0.5) is 0 Å². The van der Waals surface area contributed by atoms with Crippen LogP contribution in [-0.4, -0.2) is 48.2 Å². The highest BCUT2D eigenvalue weighted by atomic mass is 16.3. The van der Waals surface area contributed by atoms with Crippen LogP contribution in [0.2, 0.25) is 0 Å². The quantitative estimate of drug-likeness (QED) is 0.720. The fourth-order valence-electron chi connectivity index (χ4n) is 2.70. The summed E-state index contributed by atoms with van der Waals surface area (Å²) in [7, 11) is 0. The molecule has 1 saturated carbocycles. The van der Waals surface area contributed by atoms with Gasteiger partial charge in [-0.1, -0.05) is 0 Å². The van der Waals surface area contributed by atoms with Gasteiger partial charge in [-0.15, -0.1) is 0 Å². The lowest BCUT2D eigenvalue weighted by Crippen LogP contribution is -2.45. The first kappa shape index (κ1) is 12.8. The van der Waals surface area contributed by atoms with Crippen molar-refractivity contribution in [3.8, 4) is 0 Å². The van der Waals surface area contributed by atoms with Crippen LogP contribution in [0.5, 0.6) is 0 Å². The molecule has 1 atom stereocenters. The van der Waals surface area contributed by atoms with Crippen LogP contribution in [0.3, 0.4) is 0 Å². The maximum absolute atomic E-state index is 12.3. The Morgan fingerprint density at radius 2 is 2.18 bits per heavy atom. The fraction of sp³-hybridized carbons (Fsp3) is 0.923. The van der Waals surface area contributed by atoms with E-state index in [0.717, 1.165) is 38.9 Å². The van der Waals surface area contributed by atoms with Gasteiger partial charge in [-0.2, -0.15) is 0 Å². The van der Waals surface area contributed by atoms with E-state index in [0.29, 0.717) is 30.7 Å². The van der Waals surface area contributed by atoms with Crippen LogP contribution >= 0.6 is 0 Å².